The van der Waals surface area contributed by atoms with E-state index in [0.717, 1.165) is 0 Å². The third kappa shape index (κ3) is 5.60. The third-order valence-corrected chi connectivity index (χ3v) is 2.83. The molecule has 1 heterocycles. The number of thioether (sulfide) groups is 1. The Balaban J connectivity index is 2.37. The van der Waals surface area contributed by atoms with Crippen LogP contribution in [0.5, 0.6) is 0 Å². The largest absolute Gasteiger partial charge is 0.480 e. The normalized spacial score (nSPS) is 11.9. The Labute approximate surface area is 114 Å². The fourth-order valence-corrected chi connectivity index (χ4v) is 1.74. The van der Waals surface area contributed by atoms with E-state index in [0.29, 0.717) is 18.0 Å². The summed E-state index contributed by atoms with van der Waals surface area (Å²) in [7, 11) is 0. The summed E-state index contributed by atoms with van der Waals surface area (Å²) in [5.74, 6) is 0.335. The van der Waals surface area contributed by atoms with Gasteiger partial charge in [0, 0.05) is 0 Å². The van der Waals surface area contributed by atoms with Gasteiger partial charge in [-0.05, 0) is 25.4 Å². The number of urea groups is 1. The van der Waals surface area contributed by atoms with Crippen molar-refractivity contribution in [1.82, 2.24) is 20.8 Å². The van der Waals surface area contributed by atoms with E-state index in [4.69, 9.17) is 9.63 Å². The van der Waals surface area contributed by atoms with Crippen LogP contribution in [-0.4, -0.2) is 45.3 Å². The molecule has 0 saturated heterocycles. The summed E-state index contributed by atoms with van der Waals surface area (Å²) in [4.78, 5) is 26.4. The highest BCUT2D eigenvalue weighted by molar-refractivity contribution is 7.98. The van der Waals surface area contributed by atoms with E-state index in [2.05, 4.69) is 20.8 Å². The molecule has 9 heteroatoms. The fourth-order valence-electron chi connectivity index (χ4n) is 1.27. The molecular formula is C10H16N4O4S. The van der Waals surface area contributed by atoms with Gasteiger partial charge < -0.3 is 20.3 Å². The fraction of sp³-hybridized carbons (Fsp3) is 0.600. The van der Waals surface area contributed by atoms with Gasteiger partial charge in [-0.15, -0.1) is 0 Å². The van der Waals surface area contributed by atoms with Crippen molar-refractivity contribution in [2.24, 2.45) is 0 Å². The number of nitrogens with one attached hydrogen (secondary N) is 2. The van der Waals surface area contributed by atoms with Gasteiger partial charge in [0.1, 0.15) is 6.04 Å². The second-order valence-electron chi connectivity index (χ2n) is 3.73. The number of hydrogen-bond acceptors (Lipinski definition) is 6. The van der Waals surface area contributed by atoms with Crippen LogP contribution in [0.25, 0.3) is 0 Å². The van der Waals surface area contributed by atoms with Crippen LogP contribution in [0, 0.1) is 6.92 Å². The quantitative estimate of drug-likeness (QED) is 0.664. The predicted molar refractivity (Wildman–Crippen MR) is 68.8 cm³/mol. The van der Waals surface area contributed by atoms with Crippen LogP contribution < -0.4 is 10.6 Å². The lowest BCUT2D eigenvalue weighted by atomic mass is 10.2. The molecule has 1 aromatic heterocycles. The number of hydrogen-bond donors (Lipinski definition) is 3. The molecule has 0 saturated carbocycles. The van der Waals surface area contributed by atoms with Gasteiger partial charge in [-0.25, -0.2) is 9.59 Å². The Morgan fingerprint density at radius 1 is 1.53 bits per heavy atom. The summed E-state index contributed by atoms with van der Waals surface area (Å²) in [6.07, 6.45) is 2.24. The smallest absolute Gasteiger partial charge is 0.326 e. The predicted octanol–water partition coefficient (Wildman–Crippen LogP) is 0.384. The molecule has 8 nitrogen and oxygen atoms in total. The van der Waals surface area contributed by atoms with Crippen LogP contribution in [0.2, 0.25) is 0 Å². The van der Waals surface area contributed by atoms with Crippen molar-refractivity contribution >= 4 is 23.8 Å². The van der Waals surface area contributed by atoms with E-state index >= 15 is 0 Å². The van der Waals surface area contributed by atoms with Crippen molar-refractivity contribution in [1.29, 1.82) is 0 Å². The molecule has 0 aliphatic rings. The summed E-state index contributed by atoms with van der Waals surface area (Å²) < 4.78 is 4.81. The molecule has 0 unspecified atom stereocenters. The molecule has 0 aliphatic heterocycles. The van der Waals surface area contributed by atoms with E-state index in [9.17, 15) is 9.59 Å². The van der Waals surface area contributed by atoms with Gasteiger partial charge >= 0.3 is 12.0 Å². The first-order chi connectivity index (χ1) is 9.02. The number of rotatable bonds is 7. The Bertz CT molecular complexity index is 437. The number of nitrogens with zero attached hydrogens (tertiary/aromatic N) is 2. The van der Waals surface area contributed by atoms with Crippen molar-refractivity contribution < 1.29 is 19.2 Å². The van der Waals surface area contributed by atoms with Gasteiger partial charge in [-0.3, -0.25) is 0 Å². The van der Waals surface area contributed by atoms with Gasteiger partial charge in [0.2, 0.25) is 5.89 Å². The standard InChI is InChI=1S/C10H16N4O4S/c1-6-12-8(18-14-6)5-11-10(17)13-7(9(15)16)3-4-19-2/h7H,3-5H2,1-2H3,(H,15,16)(H2,11,13,17)/t7-/m1/s1. The zero-order valence-corrected chi connectivity index (χ0v) is 11.5. The van der Waals surface area contributed by atoms with E-state index < -0.39 is 18.0 Å². The van der Waals surface area contributed by atoms with Gasteiger partial charge in [0.25, 0.3) is 0 Å². The highest BCUT2D eigenvalue weighted by Gasteiger charge is 2.19. The maximum absolute atomic E-state index is 11.5. The zero-order chi connectivity index (χ0) is 14.3. The Kier molecular flexibility index (Phi) is 6.13. The van der Waals surface area contributed by atoms with E-state index in [1.54, 1.807) is 6.92 Å². The number of carboxylic acid groups (broad SMARTS) is 1. The second-order valence-corrected chi connectivity index (χ2v) is 4.72. The molecule has 2 amide bonds. The average Bonchev–Trinajstić information content (AvgIpc) is 2.77. The molecule has 106 valence electrons. The van der Waals surface area contributed by atoms with Crippen molar-refractivity contribution in [2.75, 3.05) is 12.0 Å². The van der Waals surface area contributed by atoms with Crippen molar-refractivity contribution in [3.8, 4) is 0 Å². The number of carboxylic acids is 1. The van der Waals surface area contributed by atoms with Crippen LogP contribution in [0.3, 0.4) is 0 Å². The Morgan fingerprint density at radius 3 is 2.79 bits per heavy atom. The lowest BCUT2D eigenvalue weighted by molar-refractivity contribution is -0.139. The SMILES string of the molecule is CSCC[C@@H](NC(=O)NCc1nc(C)no1)C(=O)O. The number of amides is 2. The maximum Gasteiger partial charge on any atom is 0.326 e. The molecule has 1 aromatic rings. The number of carbonyl (C=O) groups is 2. The molecule has 0 aliphatic carbocycles. The van der Waals surface area contributed by atoms with Crippen molar-refractivity contribution in [3.63, 3.8) is 0 Å². The number of aryl methyl sites for hydroxylation is 1. The first kappa shape index (κ1) is 15.3. The first-order valence-electron chi connectivity index (χ1n) is 5.58. The number of aliphatic carboxylic acids is 1. The van der Waals surface area contributed by atoms with Crippen LogP contribution >= 0.6 is 11.8 Å². The topological polar surface area (TPSA) is 117 Å². The number of carbonyl (C=O) groups excluding carboxylic acids is 1. The van der Waals surface area contributed by atoms with Gasteiger partial charge in [-0.1, -0.05) is 5.16 Å². The molecule has 0 radical (unpaired) electrons. The maximum atomic E-state index is 11.5. The third-order valence-electron chi connectivity index (χ3n) is 2.18. The number of aromatic nitrogens is 2. The van der Waals surface area contributed by atoms with Crippen LogP contribution in [0.1, 0.15) is 18.1 Å². The van der Waals surface area contributed by atoms with E-state index in [1.807, 2.05) is 6.26 Å². The summed E-state index contributed by atoms with van der Waals surface area (Å²) in [5.41, 5.74) is 0. The molecule has 19 heavy (non-hydrogen) atoms. The minimum Gasteiger partial charge on any atom is -0.480 e. The molecule has 1 rings (SSSR count). The lowest BCUT2D eigenvalue weighted by Gasteiger charge is -2.13. The minimum absolute atomic E-state index is 0.0571. The molecule has 0 spiro atoms. The highest BCUT2D eigenvalue weighted by atomic mass is 32.2. The molecule has 1 atom stereocenters. The summed E-state index contributed by atoms with van der Waals surface area (Å²) >= 11 is 1.52. The summed E-state index contributed by atoms with van der Waals surface area (Å²) in [5, 5.41) is 17.3. The van der Waals surface area contributed by atoms with Crippen LogP contribution in [-0.2, 0) is 11.3 Å². The van der Waals surface area contributed by atoms with E-state index in [1.165, 1.54) is 11.8 Å². The monoisotopic (exact) mass is 288 g/mol. The molecule has 0 aromatic carbocycles. The lowest BCUT2D eigenvalue weighted by Crippen LogP contribution is -2.46. The molecule has 3 N–H and O–H groups in total. The van der Waals surface area contributed by atoms with Crippen molar-refractivity contribution in [3.05, 3.63) is 11.7 Å². The molecular weight excluding hydrogens is 272 g/mol. The van der Waals surface area contributed by atoms with Gasteiger partial charge in [0.05, 0.1) is 6.54 Å². The van der Waals surface area contributed by atoms with Crippen LogP contribution in [0.15, 0.2) is 4.52 Å². The zero-order valence-electron chi connectivity index (χ0n) is 10.7. The Hall–Kier alpha value is -1.77. The Morgan fingerprint density at radius 2 is 2.26 bits per heavy atom. The van der Waals surface area contributed by atoms with E-state index in [-0.39, 0.29) is 12.4 Å². The average molecular weight is 288 g/mol. The highest BCUT2D eigenvalue weighted by Crippen LogP contribution is 2.01. The first-order valence-corrected chi connectivity index (χ1v) is 6.97. The molecule has 0 bridgehead atoms. The summed E-state index contributed by atoms with van der Waals surface area (Å²) in [6, 6.07) is -1.48. The second kappa shape index (κ2) is 7.62. The van der Waals surface area contributed by atoms with Gasteiger partial charge in [0.15, 0.2) is 5.82 Å². The van der Waals surface area contributed by atoms with Crippen LogP contribution in [0.4, 0.5) is 4.79 Å². The van der Waals surface area contributed by atoms with Crippen molar-refractivity contribution in [2.45, 2.75) is 25.9 Å². The van der Waals surface area contributed by atoms with Gasteiger partial charge in [-0.2, -0.15) is 16.7 Å². The molecule has 0 fully saturated rings. The summed E-state index contributed by atoms with van der Waals surface area (Å²) in [6.45, 7) is 1.72. The minimum atomic E-state index is -1.06.